The van der Waals surface area contributed by atoms with E-state index in [0.29, 0.717) is 34.9 Å². The van der Waals surface area contributed by atoms with Crippen LogP contribution >= 0.6 is 0 Å². The van der Waals surface area contributed by atoms with Crippen LogP contribution in [0.3, 0.4) is 0 Å². The Morgan fingerprint density at radius 3 is 2.67 bits per heavy atom. The fourth-order valence-electron chi connectivity index (χ4n) is 3.48. The predicted octanol–water partition coefficient (Wildman–Crippen LogP) is 0.536. The van der Waals surface area contributed by atoms with E-state index in [9.17, 15) is 4.79 Å². The quantitative estimate of drug-likeness (QED) is 0.620. The van der Waals surface area contributed by atoms with E-state index in [0.717, 1.165) is 32.0 Å². The van der Waals surface area contributed by atoms with Gasteiger partial charge in [-0.2, -0.15) is 0 Å². The number of rotatable bonds is 6. The van der Waals surface area contributed by atoms with Gasteiger partial charge in [0.05, 0.1) is 26.5 Å². The van der Waals surface area contributed by atoms with Gasteiger partial charge in [0, 0.05) is 39.3 Å². The zero-order valence-electron chi connectivity index (χ0n) is 17.2. The summed E-state index contributed by atoms with van der Waals surface area (Å²) in [4.78, 5) is 25.4. The Hall–Kier alpha value is -3.47. The smallest absolute Gasteiger partial charge is 0.238 e. The molecule has 0 saturated carbocycles. The highest BCUT2D eigenvalue weighted by atomic mass is 16.5. The van der Waals surface area contributed by atoms with Crippen LogP contribution in [-0.4, -0.2) is 82.7 Å². The molecule has 0 aliphatic carbocycles. The van der Waals surface area contributed by atoms with Gasteiger partial charge in [0.1, 0.15) is 17.8 Å². The second-order valence-electron chi connectivity index (χ2n) is 6.96. The van der Waals surface area contributed by atoms with Crippen LogP contribution in [0.1, 0.15) is 0 Å². The van der Waals surface area contributed by atoms with Crippen molar-refractivity contribution in [1.82, 2.24) is 29.9 Å². The lowest BCUT2D eigenvalue weighted by atomic mass is 10.2. The number of fused-ring (bicyclic) bond motifs is 1. The summed E-state index contributed by atoms with van der Waals surface area (Å²) < 4.78 is 12.2. The highest BCUT2D eigenvalue weighted by Crippen LogP contribution is 2.29. The number of hydrogen-bond donors (Lipinski definition) is 1. The number of ether oxygens (including phenoxy) is 2. The van der Waals surface area contributed by atoms with Crippen molar-refractivity contribution in [2.75, 3.05) is 57.2 Å². The minimum Gasteiger partial charge on any atom is -0.497 e. The molecule has 3 aromatic rings. The van der Waals surface area contributed by atoms with Gasteiger partial charge in [-0.1, -0.05) is 5.21 Å². The van der Waals surface area contributed by atoms with Crippen molar-refractivity contribution in [3.05, 3.63) is 24.5 Å². The summed E-state index contributed by atoms with van der Waals surface area (Å²) in [5, 5.41) is 11.1. The molecule has 2 aromatic heterocycles. The van der Waals surface area contributed by atoms with Gasteiger partial charge in [0.2, 0.25) is 5.91 Å². The number of aromatic nitrogens is 5. The van der Waals surface area contributed by atoms with Crippen molar-refractivity contribution in [1.29, 1.82) is 0 Å². The van der Waals surface area contributed by atoms with Crippen molar-refractivity contribution in [3.63, 3.8) is 0 Å². The van der Waals surface area contributed by atoms with Crippen LogP contribution in [0.15, 0.2) is 24.5 Å². The summed E-state index contributed by atoms with van der Waals surface area (Å²) in [7, 11) is 4.95. The Kier molecular flexibility index (Phi) is 5.61. The maximum absolute atomic E-state index is 12.5. The van der Waals surface area contributed by atoms with Gasteiger partial charge in [0.25, 0.3) is 0 Å². The largest absolute Gasteiger partial charge is 0.497 e. The molecule has 11 nitrogen and oxygen atoms in total. The average molecular weight is 412 g/mol. The summed E-state index contributed by atoms with van der Waals surface area (Å²) in [6.45, 7) is 3.24. The van der Waals surface area contributed by atoms with Gasteiger partial charge in [-0.05, 0) is 12.1 Å². The molecule has 0 bridgehead atoms. The van der Waals surface area contributed by atoms with Crippen molar-refractivity contribution in [2.24, 2.45) is 7.05 Å². The zero-order valence-corrected chi connectivity index (χ0v) is 17.2. The Morgan fingerprint density at radius 1 is 1.13 bits per heavy atom. The first-order valence-corrected chi connectivity index (χ1v) is 9.58. The molecule has 1 saturated heterocycles. The molecule has 1 amide bonds. The van der Waals surface area contributed by atoms with E-state index in [1.807, 2.05) is 0 Å². The Morgan fingerprint density at radius 2 is 1.93 bits per heavy atom. The molecule has 1 aliphatic heterocycles. The van der Waals surface area contributed by atoms with E-state index in [4.69, 9.17) is 9.47 Å². The normalized spacial score (nSPS) is 14.7. The second kappa shape index (κ2) is 8.49. The van der Waals surface area contributed by atoms with E-state index < -0.39 is 0 Å². The van der Waals surface area contributed by atoms with E-state index >= 15 is 0 Å². The monoisotopic (exact) mass is 412 g/mol. The lowest BCUT2D eigenvalue weighted by molar-refractivity contribution is -0.117. The number of amides is 1. The molecule has 1 N–H and O–H groups in total. The number of carbonyl (C=O) groups is 1. The topological polar surface area (TPSA) is 111 Å². The van der Waals surface area contributed by atoms with E-state index in [-0.39, 0.29) is 5.91 Å². The maximum Gasteiger partial charge on any atom is 0.238 e. The standard InChI is InChI=1S/C19H24N8O3/c1-25-18-17(23-24-25)19(21-12-20-18)27-8-6-26(7-9-27)11-16(28)22-14-5-4-13(29-2)10-15(14)30-3/h4-5,10,12H,6-9,11H2,1-3H3,(H,22,28). The summed E-state index contributed by atoms with van der Waals surface area (Å²) >= 11 is 0. The number of anilines is 2. The molecule has 30 heavy (non-hydrogen) atoms. The van der Waals surface area contributed by atoms with Gasteiger partial charge >= 0.3 is 0 Å². The van der Waals surface area contributed by atoms with Crippen LogP contribution in [0.5, 0.6) is 11.5 Å². The lowest BCUT2D eigenvalue weighted by Gasteiger charge is -2.34. The van der Waals surface area contributed by atoms with Crippen molar-refractivity contribution >= 4 is 28.6 Å². The number of hydrogen-bond acceptors (Lipinski definition) is 9. The molecule has 0 unspecified atom stereocenters. The molecule has 0 spiro atoms. The molecular formula is C19H24N8O3. The lowest BCUT2D eigenvalue weighted by Crippen LogP contribution is -2.49. The molecule has 11 heteroatoms. The van der Waals surface area contributed by atoms with Crippen LogP contribution in [0.2, 0.25) is 0 Å². The summed E-state index contributed by atoms with van der Waals surface area (Å²) in [5.41, 5.74) is 2.01. The summed E-state index contributed by atoms with van der Waals surface area (Å²) in [5.74, 6) is 1.91. The molecule has 1 aliphatic rings. The third-order valence-corrected chi connectivity index (χ3v) is 5.09. The Labute approximate surface area is 173 Å². The number of methoxy groups -OCH3 is 2. The van der Waals surface area contributed by atoms with Crippen LogP contribution < -0.4 is 19.7 Å². The van der Waals surface area contributed by atoms with Gasteiger partial charge in [-0.25, -0.2) is 14.6 Å². The fraction of sp³-hybridized carbons (Fsp3) is 0.421. The number of nitrogens with one attached hydrogen (secondary N) is 1. The molecule has 158 valence electrons. The van der Waals surface area contributed by atoms with E-state index in [1.165, 1.54) is 6.33 Å². The highest BCUT2D eigenvalue weighted by molar-refractivity contribution is 5.93. The van der Waals surface area contributed by atoms with Crippen molar-refractivity contribution in [3.8, 4) is 11.5 Å². The first-order chi connectivity index (χ1) is 14.6. The molecule has 1 aromatic carbocycles. The second-order valence-corrected chi connectivity index (χ2v) is 6.96. The minimum atomic E-state index is -0.0923. The third-order valence-electron chi connectivity index (χ3n) is 5.09. The highest BCUT2D eigenvalue weighted by Gasteiger charge is 2.23. The molecule has 0 radical (unpaired) electrons. The third kappa shape index (κ3) is 3.96. The molecule has 3 heterocycles. The van der Waals surface area contributed by atoms with Crippen LogP contribution in [0.25, 0.3) is 11.2 Å². The van der Waals surface area contributed by atoms with Crippen LogP contribution in [-0.2, 0) is 11.8 Å². The maximum atomic E-state index is 12.5. The first kappa shape index (κ1) is 19.8. The SMILES string of the molecule is COc1ccc(NC(=O)CN2CCN(c3ncnc4c3nnn4C)CC2)c(OC)c1. The Bertz CT molecular complexity index is 1050. The van der Waals surface area contributed by atoms with Crippen molar-refractivity contribution < 1.29 is 14.3 Å². The van der Waals surface area contributed by atoms with Crippen LogP contribution in [0.4, 0.5) is 11.5 Å². The van der Waals surface area contributed by atoms with Gasteiger partial charge < -0.3 is 19.7 Å². The fourth-order valence-corrected chi connectivity index (χ4v) is 3.48. The zero-order chi connectivity index (χ0) is 21.1. The number of carbonyl (C=O) groups excluding carboxylic acids is 1. The number of aryl methyl sites for hydroxylation is 1. The van der Waals surface area contributed by atoms with Crippen LogP contribution in [0, 0.1) is 0 Å². The van der Waals surface area contributed by atoms with Crippen molar-refractivity contribution in [2.45, 2.75) is 0 Å². The van der Waals surface area contributed by atoms with Gasteiger partial charge in [-0.3, -0.25) is 9.69 Å². The first-order valence-electron chi connectivity index (χ1n) is 9.58. The molecular weight excluding hydrogens is 388 g/mol. The minimum absolute atomic E-state index is 0.0923. The number of piperazine rings is 1. The average Bonchev–Trinajstić information content (AvgIpc) is 3.15. The molecule has 0 atom stereocenters. The van der Waals surface area contributed by atoms with Gasteiger partial charge in [0.15, 0.2) is 17.0 Å². The predicted molar refractivity (Wildman–Crippen MR) is 111 cm³/mol. The number of nitrogens with zero attached hydrogens (tertiary/aromatic N) is 7. The summed E-state index contributed by atoms with van der Waals surface area (Å²) in [6, 6.07) is 5.30. The molecule has 4 rings (SSSR count). The van der Waals surface area contributed by atoms with E-state index in [1.54, 1.807) is 44.1 Å². The van der Waals surface area contributed by atoms with Gasteiger partial charge in [-0.15, -0.1) is 5.10 Å². The number of benzene rings is 1. The van der Waals surface area contributed by atoms with E-state index in [2.05, 4.69) is 35.4 Å². The Balaban J connectivity index is 1.35. The molecule has 1 fully saturated rings. The summed E-state index contributed by atoms with van der Waals surface area (Å²) in [6.07, 6.45) is 1.53.